The fourth-order valence-electron chi connectivity index (χ4n) is 4.01. The first-order valence-corrected chi connectivity index (χ1v) is 11.1. The van der Waals surface area contributed by atoms with Gasteiger partial charge in [-0.2, -0.15) is 5.10 Å². The van der Waals surface area contributed by atoms with E-state index in [1.807, 2.05) is 19.9 Å². The number of piperazine rings is 1. The van der Waals surface area contributed by atoms with Crippen molar-refractivity contribution in [1.82, 2.24) is 15.3 Å². The van der Waals surface area contributed by atoms with Crippen molar-refractivity contribution in [1.29, 1.82) is 0 Å². The van der Waals surface area contributed by atoms with Gasteiger partial charge < -0.3 is 14.6 Å². The van der Waals surface area contributed by atoms with E-state index in [-0.39, 0.29) is 11.9 Å². The molecule has 8 heteroatoms. The molecule has 2 heterocycles. The molecule has 1 aromatic heterocycles. The predicted molar refractivity (Wildman–Crippen MR) is 126 cm³/mol. The van der Waals surface area contributed by atoms with Crippen LogP contribution < -0.4 is 10.3 Å². The van der Waals surface area contributed by atoms with Crippen LogP contribution in [0, 0.1) is 13.8 Å². The minimum absolute atomic E-state index is 0.124. The van der Waals surface area contributed by atoms with Crippen molar-refractivity contribution in [2.24, 2.45) is 5.10 Å². The number of carbonyl (C=O) groups is 2. The molecule has 0 spiro atoms. The number of benzene rings is 1. The number of para-hydroxylation sites is 1. The van der Waals surface area contributed by atoms with Gasteiger partial charge in [-0.1, -0.05) is 18.2 Å². The van der Waals surface area contributed by atoms with Crippen molar-refractivity contribution in [2.45, 2.75) is 34.1 Å². The molecule has 32 heavy (non-hydrogen) atoms. The van der Waals surface area contributed by atoms with Crippen molar-refractivity contribution in [3.63, 3.8) is 0 Å². The average molecular weight is 440 g/mol. The first-order valence-electron chi connectivity index (χ1n) is 11.1. The molecule has 0 radical (unpaired) electrons. The maximum absolute atomic E-state index is 12.3. The molecule has 1 aliphatic heterocycles. The van der Waals surface area contributed by atoms with Crippen LogP contribution in [0.15, 0.2) is 35.4 Å². The number of aromatic amines is 1. The van der Waals surface area contributed by atoms with E-state index in [4.69, 9.17) is 4.74 Å². The van der Waals surface area contributed by atoms with Gasteiger partial charge in [0.2, 0.25) is 5.91 Å². The number of nitrogens with zero attached hydrogens (tertiary/aromatic N) is 3. The maximum Gasteiger partial charge on any atom is 0.340 e. The van der Waals surface area contributed by atoms with Crippen molar-refractivity contribution in [3.05, 3.63) is 52.8 Å². The predicted octanol–water partition coefficient (Wildman–Crippen LogP) is 2.86. The zero-order valence-corrected chi connectivity index (χ0v) is 19.4. The molecule has 1 saturated heterocycles. The minimum atomic E-state index is -0.353. The number of rotatable bonds is 8. The lowest BCUT2D eigenvalue weighted by Crippen LogP contribution is -2.47. The Balaban J connectivity index is 1.48. The van der Waals surface area contributed by atoms with E-state index >= 15 is 0 Å². The van der Waals surface area contributed by atoms with Gasteiger partial charge in [0.25, 0.3) is 0 Å². The van der Waals surface area contributed by atoms with Gasteiger partial charge in [-0.05, 0) is 45.4 Å². The van der Waals surface area contributed by atoms with Crippen molar-refractivity contribution in [2.75, 3.05) is 44.2 Å². The number of anilines is 1. The van der Waals surface area contributed by atoms with E-state index in [0.29, 0.717) is 30.8 Å². The molecule has 172 valence electrons. The highest BCUT2D eigenvalue weighted by Gasteiger charge is 2.21. The lowest BCUT2D eigenvalue weighted by molar-refractivity contribution is -0.121. The Morgan fingerprint density at radius 3 is 2.47 bits per heavy atom. The Morgan fingerprint density at radius 1 is 1.12 bits per heavy atom. The van der Waals surface area contributed by atoms with Gasteiger partial charge in [-0.25, -0.2) is 10.2 Å². The number of H-pyrrole nitrogens is 1. The number of ether oxygens (including phenoxy) is 1. The number of aromatic nitrogens is 1. The Morgan fingerprint density at radius 2 is 1.81 bits per heavy atom. The van der Waals surface area contributed by atoms with Crippen LogP contribution in [0.1, 0.15) is 47.6 Å². The highest BCUT2D eigenvalue weighted by molar-refractivity contribution is 6.03. The zero-order valence-electron chi connectivity index (χ0n) is 19.4. The molecular weight excluding hydrogens is 406 g/mol. The highest BCUT2D eigenvalue weighted by Crippen LogP contribution is 2.20. The third-order valence-electron chi connectivity index (χ3n) is 5.78. The van der Waals surface area contributed by atoms with Crippen LogP contribution in [0.2, 0.25) is 0 Å². The van der Waals surface area contributed by atoms with Crippen LogP contribution in [0.3, 0.4) is 0 Å². The monoisotopic (exact) mass is 439 g/mol. The van der Waals surface area contributed by atoms with Gasteiger partial charge in [-0.15, -0.1) is 0 Å². The molecule has 3 rings (SSSR count). The molecule has 1 aromatic carbocycles. The number of hydrazone groups is 1. The van der Waals surface area contributed by atoms with E-state index in [2.05, 4.69) is 49.6 Å². The van der Waals surface area contributed by atoms with Crippen LogP contribution in [0.25, 0.3) is 0 Å². The molecule has 0 unspecified atom stereocenters. The summed E-state index contributed by atoms with van der Waals surface area (Å²) in [5, 5.41) is 4.24. The fourth-order valence-corrected chi connectivity index (χ4v) is 4.01. The second-order valence-electron chi connectivity index (χ2n) is 7.99. The Hall–Kier alpha value is -3.13. The fraction of sp³-hybridized carbons (Fsp3) is 0.458. The third kappa shape index (κ3) is 5.76. The number of hydrogen-bond acceptors (Lipinski definition) is 6. The number of nitrogens with one attached hydrogen (secondary N) is 2. The molecule has 1 aliphatic rings. The van der Waals surface area contributed by atoms with Crippen LogP contribution >= 0.6 is 0 Å². The summed E-state index contributed by atoms with van der Waals surface area (Å²) in [6.07, 6.45) is 0.388. The quantitative estimate of drug-likeness (QED) is 0.375. The van der Waals surface area contributed by atoms with Crippen LogP contribution in [-0.4, -0.2) is 66.8 Å². The Labute approximate surface area is 189 Å². The van der Waals surface area contributed by atoms with E-state index in [1.54, 1.807) is 13.8 Å². The van der Waals surface area contributed by atoms with Crippen molar-refractivity contribution >= 4 is 23.3 Å². The molecular formula is C24H33N5O3. The molecule has 0 atom stereocenters. The molecule has 8 nitrogen and oxygen atoms in total. The molecule has 2 N–H and O–H groups in total. The molecule has 1 fully saturated rings. The summed E-state index contributed by atoms with van der Waals surface area (Å²) in [5.41, 5.74) is 7.25. The first kappa shape index (κ1) is 23.5. The van der Waals surface area contributed by atoms with E-state index in [9.17, 15) is 9.59 Å². The second-order valence-corrected chi connectivity index (χ2v) is 7.99. The number of aryl methyl sites for hydroxylation is 1. The maximum atomic E-state index is 12.3. The SMILES string of the molecule is CCOC(=O)c1c(C)[nH]c(/C(C)=N/NC(=O)CCN2CCN(c3ccccc3)CC2)c1C. The molecule has 0 bridgehead atoms. The standard InChI is InChI=1S/C24H33N5O3/c1-5-32-24(31)22-17(2)23(25-18(22)3)19(4)26-27-21(30)11-12-28-13-15-29(16-14-28)20-9-7-6-8-10-20/h6-10,25H,5,11-16H2,1-4H3,(H,27,30)/b26-19+. The summed E-state index contributed by atoms with van der Waals surface area (Å²) in [7, 11) is 0. The normalized spacial score (nSPS) is 15.0. The van der Waals surface area contributed by atoms with E-state index in [0.717, 1.165) is 43.1 Å². The summed E-state index contributed by atoms with van der Waals surface area (Å²) in [5.74, 6) is -0.476. The van der Waals surface area contributed by atoms with Crippen LogP contribution in [0.4, 0.5) is 5.69 Å². The van der Waals surface area contributed by atoms with Gasteiger partial charge in [0.05, 0.1) is 23.6 Å². The number of esters is 1. The molecule has 1 amide bonds. The number of carbonyl (C=O) groups excluding carboxylic acids is 2. The Bertz CT molecular complexity index is 960. The van der Waals surface area contributed by atoms with Gasteiger partial charge >= 0.3 is 5.97 Å². The second kappa shape index (κ2) is 10.9. The van der Waals surface area contributed by atoms with E-state index in [1.165, 1.54) is 5.69 Å². The van der Waals surface area contributed by atoms with Crippen LogP contribution in [0.5, 0.6) is 0 Å². The van der Waals surface area contributed by atoms with Gasteiger partial charge in [0.15, 0.2) is 0 Å². The smallest absolute Gasteiger partial charge is 0.340 e. The molecule has 2 aromatic rings. The van der Waals surface area contributed by atoms with Crippen LogP contribution in [-0.2, 0) is 9.53 Å². The topological polar surface area (TPSA) is 90.0 Å². The van der Waals surface area contributed by atoms with Gasteiger partial charge in [0, 0.05) is 50.5 Å². The van der Waals surface area contributed by atoms with Gasteiger partial charge in [0.1, 0.15) is 0 Å². The summed E-state index contributed by atoms with van der Waals surface area (Å²) in [6, 6.07) is 10.4. The molecule has 0 aliphatic carbocycles. The number of hydrogen-bond donors (Lipinski definition) is 2. The molecule has 0 saturated carbocycles. The summed E-state index contributed by atoms with van der Waals surface area (Å²) < 4.78 is 5.13. The lowest BCUT2D eigenvalue weighted by atomic mass is 10.1. The van der Waals surface area contributed by atoms with Crippen molar-refractivity contribution < 1.29 is 14.3 Å². The van der Waals surface area contributed by atoms with Crippen molar-refractivity contribution in [3.8, 4) is 0 Å². The minimum Gasteiger partial charge on any atom is -0.462 e. The largest absolute Gasteiger partial charge is 0.462 e. The number of amides is 1. The van der Waals surface area contributed by atoms with Gasteiger partial charge in [-0.3, -0.25) is 9.69 Å². The summed E-state index contributed by atoms with van der Waals surface area (Å²) >= 11 is 0. The Kier molecular flexibility index (Phi) is 8.05. The van der Waals surface area contributed by atoms with E-state index < -0.39 is 0 Å². The lowest BCUT2D eigenvalue weighted by Gasteiger charge is -2.36. The summed E-state index contributed by atoms with van der Waals surface area (Å²) in [6.45, 7) is 12.1. The average Bonchev–Trinajstić information content (AvgIpc) is 3.11. The highest BCUT2D eigenvalue weighted by atomic mass is 16.5. The first-order chi connectivity index (χ1) is 15.4. The zero-order chi connectivity index (χ0) is 23.1. The summed E-state index contributed by atoms with van der Waals surface area (Å²) in [4.78, 5) is 32.3. The third-order valence-corrected chi connectivity index (χ3v) is 5.78.